The fourth-order valence-electron chi connectivity index (χ4n) is 2.42. The predicted octanol–water partition coefficient (Wildman–Crippen LogP) is 2.38. The standard InChI is InChI=1S/C14H20N4OS/c1-9-8-12(20-11(9)3)14-16-13(17-19-14)10(2)18-6-4-15-5-7-18/h8,10,15H,4-7H2,1-3H3. The molecule has 1 unspecified atom stereocenters. The predicted molar refractivity (Wildman–Crippen MR) is 79.9 cm³/mol. The number of hydrogen-bond acceptors (Lipinski definition) is 6. The molecule has 0 aromatic carbocycles. The highest BCUT2D eigenvalue weighted by atomic mass is 32.1. The number of piperazine rings is 1. The van der Waals surface area contributed by atoms with Crippen molar-refractivity contribution in [3.05, 3.63) is 22.3 Å². The van der Waals surface area contributed by atoms with Gasteiger partial charge in [-0.25, -0.2) is 0 Å². The number of thiophene rings is 1. The van der Waals surface area contributed by atoms with Crippen LogP contribution < -0.4 is 5.32 Å². The van der Waals surface area contributed by atoms with Crippen LogP contribution in [-0.2, 0) is 0 Å². The van der Waals surface area contributed by atoms with Crippen molar-refractivity contribution in [1.29, 1.82) is 0 Å². The Morgan fingerprint density at radius 1 is 1.35 bits per heavy atom. The number of aryl methyl sites for hydroxylation is 2. The Kier molecular flexibility index (Phi) is 3.87. The molecule has 1 atom stereocenters. The van der Waals surface area contributed by atoms with Gasteiger partial charge in [-0.05, 0) is 32.4 Å². The Morgan fingerprint density at radius 3 is 2.75 bits per heavy atom. The number of nitrogens with one attached hydrogen (secondary N) is 1. The highest BCUT2D eigenvalue weighted by Crippen LogP contribution is 2.30. The normalized spacial score (nSPS) is 18.4. The van der Waals surface area contributed by atoms with Gasteiger partial charge >= 0.3 is 0 Å². The Hall–Kier alpha value is -1.24. The van der Waals surface area contributed by atoms with E-state index in [1.807, 2.05) is 0 Å². The average Bonchev–Trinajstić information content (AvgIpc) is 3.07. The first-order valence-corrected chi connectivity index (χ1v) is 7.82. The summed E-state index contributed by atoms with van der Waals surface area (Å²) in [5.41, 5.74) is 1.28. The summed E-state index contributed by atoms with van der Waals surface area (Å²) in [7, 11) is 0. The summed E-state index contributed by atoms with van der Waals surface area (Å²) in [5, 5.41) is 7.52. The Labute approximate surface area is 123 Å². The molecule has 6 heteroatoms. The zero-order valence-electron chi connectivity index (χ0n) is 12.1. The molecule has 2 aromatic heterocycles. The van der Waals surface area contributed by atoms with Crippen LogP contribution in [0.25, 0.3) is 10.8 Å². The third-order valence-corrected chi connectivity index (χ3v) is 5.03. The molecular weight excluding hydrogens is 272 g/mol. The molecule has 3 heterocycles. The van der Waals surface area contributed by atoms with Gasteiger partial charge in [0.2, 0.25) is 0 Å². The van der Waals surface area contributed by atoms with Gasteiger partial charge in [-0.3, -0.25) is 4.90 Å². The summed E-state index contributed by atoms with van der Waals surface area (Å²) in [6.45, 7) is 10.5. The molecule has 1 fully saturated rings. The summed E-state index contributed by atoms with van der Waals surface area (Å²) in [6.07, 6.45) is 0. The van der Waals surface area contributed by atoms with Gasteiger partial charge in [0.05, 0.1) is 10.9 Å². The first kappa shape index (κ1) is 13.7. The van der Waals surface area contributed by atoms with Gasteiger partial charge in [0.15, 0.2) is 5.82 Å². The molecular formula is C14H20N4OS. The minimum absolute atomic E-state index is 0.205. The van der Waals surface area contributed by atoms with E-state index >= 15 is 0 Å². The fraction of sp³-hybridized carbons (Fsp3) is 0.571. The van der Waals surface area contributed by atoms with Crippen molar-refractivity contribution in [2.75, 3.05) is 26.2 Å². The molecule has 0 amide bonds. The van der Waals surface area contributed by atoms with Gasteiger partial charge in [0, 0.05) is 31.1 Å². The van der Waals surface area contributed by atoms with E-state index in [1.165, 1.54) is 10.4 Å². The summed E-state index contributed by atoms with van der Waals surface area (Å²) >= 11 is 1.71. The van der Waals surface area contributed by atoms with E-state index in [9.17, 15) is 0 Å². The molecule has 3 rings (SSSR count). The molecule has 0 spiro atoms. The average molecular weight is 292 g/mol. The van der Waals surface area contributed by atoms with Crippen LogP contribution in [0, 0.1) is 13.8 Å². The molecule has 5 nitrogen and oxygen atoms in total. The lowest BCUT2D eigenvalue weighted by molar-refractivity contribution is 0.176. The Balaban J connectivity index is 1.79. The fourth-order valence-corrected chi connectivity index (χ4v) is 3.37. The molecule has 1 aliphatic heterocycles. The largest absolute Gasteiger partial charge is 0.333 e. The lowest BCUT2D eigenvalue weighted by atomic mass is 10.2. The van der Waals surface area contributed by atoms with E-state index < -0.39 is 0 Å². The zero-order chi connectivity index (χ0) is 14.1. The number of hydrogen-bond donors (Lipinski definition) is 1. The van der Waals surface area contributed by atoms with E-state index in [0.717, 1.165) is 36.9 Å². The van der Waals surface area contributed by atoms with Crippen LogP contribution >= 0.6 is 11.3 Å². The SMILES string of the molecule is Cc1cc(-c2nc(C(C)N3CCNCC3)no2)sc1C. The second kappa shape index (κ2) is 5.63. The minimum Gasteiger partial charge on any atom is -0.333 e. The summed E-state index contributed by atoms with van der Waals surface area (Å²) in [5.74, 6) is 1.42. The van der Waals surface area contributed by atoms with Crippen LogP contribution in [0.4, 0.5) is 0 Å². The van der Waals surface area contributed by atoms with Crippen LogP contribution in [0.3, 0.4) is 0 Å². The molecule has 108 valence electrons. The minimum atomic E-state index is 0.205. The lowest BCUT2D eigenvalue weighted by Crippen LogP contribution is -2.44. The van der Waals surface area contributed by atoms with Crippen LogP contribution in [0.15, 0.2) is 10.6 Å². The van der Waals surface area contributed by atoms with Gasteiger partial charge in [-0.2, -0.15) is 4.98 Å². The highest BCUT2D eigenvalue weighted by molar-refractivity contribution is 7.15. The van der Waals surface area contributed by atoms with Crippen molar-refractivity contribution in [2.24, 2.45) is 0 Å². The van der Waals surface area contributed by atoms with E-state index in [2.05, 4.69) is 47.2 Å². The molecule has 1 N–H and O–H groups in total. The summed E-state index contributed by atoms with van der Waals surface area (Å²) in [6, 6.07) is 2.32. The molecule has 0 bridgehead atoms. The summed E-state index contributed by atoms with van der Waals surface area (Å²) in [4.78, 5) is 9.33. The van der Waals surface area contributed by atoms with Crippen LogP contribution in [0.5, 0.6) is 0 Å². The van der Waals surface area contributed by atoms with Gasteiger partial charge in [-0.1, -0.05) is 5.16 Å². The van der Waals surface area contributed by atoms with Gasteiger partial charge < -0.3 is 9.84 Å². The zero-order valence-corrected chi connectivity index (χ0v) is 13.0. The van der Waals surface area contributed by atoms with Crippen molar-refractivity contribution in [3.63, 3.8) is 0 Å². The van der Waals surface area contributed by atoms with E-state index in [0.29, 0.717) is 5.89 Å². The molecule has 0 radical (unpaired) electrons. The van der Waals surface area contributed by atoms with E-state index in [1.54, 1.807) is 11.3 Å². The highest BCUT2D eigenvalue weighted by Gasteiger charge is 2.23. The first-order chi connectivity index (χ1) is 9.65. The lowest BCUT2D eigenvalue weighted by Gasteiger charge is -2.30. The van der Waals surface area contributed by atoms with Crippen LogP contribution in [0.2, 0.25) is 0 Å². The smallest absolute Gasteiger partial charge is 0.268 e. The Morgan fingerprint density at radius 2 is 2.10 bits per heavy atom. The monoisotopic (exact) mass is 292 g/mol. The molecule has 1 saturated heterocycles. The van der Waals surface area contributed by atoms with Crippen LogP contribution in [-0.4, -0.2) is 41.2 Å². The van der Waals surface area contributed by atoms with E-state index in [4.69, 9.17) is 4.52 Å². The van der Waals surface area contributed by atoms with E-state index in [-0.39, 0.29) is 6.04 Å². The van der Waals surface area contributed by atoms with Crippen molar-refractivity contribution in [1.82, 2.24) is 20.4 Å². The third kappa shape index (κ3) is 2.63. The quantitative estimate of drug-likeness (QED) is 0.941. The van der Waals surface area contributed by atoms with Crippen molar-refractivity contribution < 1.29 is 4.52 Å². The van der Waals surface area contributed by atoms with Gasteiger partial charge in [0.25, 0.3) is 5.89 Å². The van der Waals surface area contributed by atoms with Crippen molar-refractivity contribution in [3.8, 4) is 10.8 Å². The molecule has 0 saturated carbocycles. The van der Waals surface area contributed by atoms with Gasteiger partial charge in [0.1, 0.15) is 0 Å². The maximum atomic E-state index is 5.44. The van der Waals surface area contributed by atoms with Crippen molar-refractivity contribution >= 4 is 11.3 Å². The molecule has 2 aromatic rings. The van der Waals surface area contributed by atoms with Crippen LogP contribution in [0.1, 0.15) is 29.2 Å². The topological polar surface area (TPSA) is 54.2 Å². The summed E-state index contributed by atoms with van der Waals surface area (Å²) < 4.78 is 5.44. The number of rotatable bonds is 3. The molecule has 20 heavy (non-hydrogen) atoms. The molecule has 1 aliphatic rings. The molecule has 0 aliphatic carbocycles. The number of aromatic nitrogens is 2. The second-order valence-electron chi connectivity index (χ2n) is 5.27. The second-order valence-corrected chi connectivity index (χ2v) is 6.53. The Bertz CT molecular complexity index is 566. The first-order valence-electron chi connectivity index (χ1n) is 7.01. The third-order valence-electron chi connectivity index (χ3n) is 3.89. The van der Waals surface area contributed by atoms with Crippen molar-refractivity contribution in [2.45, 2.75) is 26.8 Å². The maximum absolute atomic E-state index is 5.44. The van der Waals surface area contributed by atoms with Gasteiger partial charge in [-0.15, -0.1) is 11.3 Å². The maximum Gasteiger partial charge on any atom is 0.268 e. The number of nitrogens with zero attached hydrogens (tertiary/aromatic N) is 3.